The van der Waals surface area contributed by atoms with Gasteiger partial charge in [-0.25, -0.2) is 4.98 Å². The monoisotopic (exact) mass is 345 g/mol. The number of piperidine rings is 1. The van der Waals surface area contributed by atoms with Gasteiger partial charge in [0.15, 0.2) is 5.78 Å². The van der Waals surface area contributed by atoms with Gasteiger partial charge < -0.3 is 4.90 Å². The van der Waals surface area contributed by atoms with Crippen molar-refractivity contribution in [2.24, 2.45) is 0 Å². The van der Waals surface area contributed by atoms with E-state index in [0.717, 1.165) is 25.8 Å². The van der Waals surface area contributed by atoms with Crippen LogP contribution in [0, 0.1) is 18.3 Å². The average Bonchev–Trinajstić information content (AvgIpc) is 2.59. The maximum atomic E-state index is 12.5. The first-order valence-corrected chi connectivity index (χ1v) is 9.31. The van der Waals surface area contributed by atoms with Crippen LogP contribution in [-0.2, 0) is 4.79 Å². The van der Waals surface area contributed by atoms with Gasteiger partial charge in [0.1, 0.15) is 11.1 Å². The molecule has 1 saturated heterocycles. The molecule has 0 radical (unpaired) electrons. The number of hydrogen-bond acceptors (Lipinski definition) is 5. The molecule has 128 valence electrons. The fraction of sp³-hybridized carbons (Fsp3) is 0.556. The summed E-state index contributed by atoms with van der Waals surface area (Å²) >= 11 is 1.28. The lowest BCUT2D eigenvalue weighted by Gasteiger charge is -2.35. The number of likely N-dealkylation sites (tertiary alicyclic amines) is 1. The predicted octanol–water partition coefficient (Wildman–Crippen LogP) is 3.35. The third kappa shape index (κ3) is 4.15. The molecule has 5 nitrogen and oxygen atoms in total. The second-order valence-electron chi connectivity index (χ2n) is 6.08. The third-order valence-corrected chi connectivity index (χ3v) is 5.40. The number of pyridine rings is 1. The van der Waals surface area contributed by atoms with Crippen LogP contribution >= 0.6 is 11.8 Å². The van der Waals surface area contributed by atoms with Crippen molar-refractivity contribution >= 4 is 23.5 Å². The largest absolute Gasteiger partial charge is 0.339 e. The summed E-state index contributed by atoms with van der Waals surface area (Å²) in [5.41, 5.74) is 1.42. The van der Waals surface area contributed by atoms with Gasteiger partial charge in [0.2, 0.25) is 5.91 Å². The van der Waals surface area contributed by atoms with Gasteiger partial charge in [-0.15, -0.1) is 0 Å². The maximum absolute atomic E-state index is 12.5. The van der Waals surface area contributed by atoms with Crippen molar-refractivity contribution in [3.63, 3.8) is 0 Å². The van der Waals surface area contributed by atoms with Crippen molar-refractivity contribution in [3.8, 4) is 6.07 Å². The number of nitrogens with zero attached hydrogens (tertiary/aromatic N) is 3. The Kier molecular flexibility index (Phi) is 6.38. The molecule has 24 heavy (non-hydrogen) atoms. The predicted molar refractivity (Wildman–Crippen MR) is 94.1 cm³/mol. The van der Waals surface area contributed by atoms with Crippen molar-refractivity contribution in [1.29, 1.82) is 5.26 Å². The molecule has 1 unspecified atom stereocenters. The molecular formula is C18H23N3O2S. The fourth-order valence-corrected chi connectivity index (χ4v) is 3.98. The SMILES string of the molecule is CCC1CCCCN1C(=O)CSc1nc(C)c(C(C)=O)cc1C#N. The van der Waals surface area contributed by atoms with Crippen LogP contribution in [0.25, 0.3) is 0 Å². The molecule has 1 amide bonds. The van der Waals surface area contributed by atoms with Gasteiger partial charge in [-0.1, -0.05) is 18.7 Å². The second-order valence-corrected chi connectivity index (χ2v) is 7.04. The van der Waals surface area contributed by atoms with Gasteiger partial charge in [0.25, 0.3) is 0 Å². The van der Waals surface area contributed by atoms with E-state index in [1.54, 1.807) is 13.0 Å². The molecule has 1 aromatic rings. The molecule has 1 fully saturated rings. The fourth-order valence-electron chi connectivity index (χ4n) is 3.10. The molecule has 0 bridgehead atoms. The Morgan fingerprint density at radius 1 is 1.46 bits per heavy atom. The summed E-state index contributed by atoms with van der Waals surface area (Å²) in [4.78, 5) is 30.5. The Bertz CT molecular complexity index is 682. The van der Waals surface area contributed by atoms with E-state index in [9.17, 15) is 14.9 Å². The summed E-state index contributed by atoms with van der Waals surface area (Å²) in [5.74, 6) is 0.269. The molecular weight excluding hydrogens is 322 g/mol. The molecule has 0 N–H and O–H groups in total. The summed E-state index contributed by atoms with van der Waals surface area (Å²) in [6, 6.07) is 3.99. The number of rotatable bonds is 5. The minimum absolute atomic E-state index is 0.102. The van der Waals surface area contributed by atoms with Crippen LogP contribution in [0.3, 0.4) is 0 Å². The zero-order valence-corrected chi connectivity index (χ0v) is 15.3. The van der Waals surface area contributed by atoms with E-state index in [0.29, 0.717) is 27.9 Å². The van der Waals surface area contributed by atoms with Gasteiger partial charge in [-0.05, 0) is 45.6 Å². The Balaban J connectivity index is 2.11. The van der Waals surface area contributed by atoms with E-state index in [-0.39, 0.29) is 17.4 Å². The highest BCUT2D eigenvalue weighted by atomic mass is 32.2. The minimum atomic E-state index is -0.108. The lowest BCUT2D eigenvalue weighted by atomic mass is 10.0. The Morgan fingerprint density at radius 2 is 2.21 bits per heavy atom. The first kappa shape index (κ1) is 18.5. The van der Waals surface area contributed by atoms with Crippen LogP contribution in [0.2, 0.25) is 0 Å². The van der Waals surface area contributed by atoms with Crippen LogP contribution < -0.4 is 0 Å². The number of amides is 1. The number of thioether (sulfide) groups is 1. The zero-order chi connectivity index (χ0) is 17.7. The number of aromatic nitrogens is 1. The molecule has 1 aliphatic heterocycles. The van der Waals surface area contributed by atoms with E-state index in [4.69, 9.17) is 0 Å². The molecule has 0 spiro atoms. The number of Topliss-reactive ketones (excluding diaryl/α,β-unsaturated/α-hetero) is 1. The number of carbonyl (C=O) groups excluding carboxylic acids is 2. The van der Waals surface area contributed by atoms with Gasteiger partial charge in [-0.3, -0.25) is 9.59 Å². The van der Waals surface area contributed by atoms with Crippen LogP contribution in [-0.4, -0.2) is 39.9 Å². The van der Waals surface area contributed by atoms with E-state index in [2.05, 4.69) is 18.0 Å². The third-order valence-electron chi connectivity index (χ3n) is 4.43. The molecule has 1 aliphatic rings. The molecule has 1 atom stereocenters. The highest BCUT2D eigenvalue weighted by Gasteiger charge is 2.25. The van der Waals surface area contributed by atoms with Gasteiger partial charge in [-0.2, -0.15) is 5.26 Å². The van der Waals surface area contributed by atoms with Crippen LogP contribution in [0.15, 0.2) is 11.1 Å². The number of nitriles is 1. The van der Waals surface area contributed by atoms with Gasteiger partial charge in [0.05, 0.1) is 11.3 Å². The van der Waals surface area contributed by atoms with Gasteiger partial charge >= 0.3 is 0 Å². The van der Waals surface area contributed by atoms with Crippen LogP contribution in [0.1, 0.15) is 61.1 Å². The highest BCUT2D eigenvalue weighted by Crippen LogP contribution is 2.25. The van der Waals surface area contributed by atoms with Crippen molar-refractivity contribution < 1.29 is 9.59 Å². The second kappa shape index (κ2) is 8.29. The average molecular weight is 345 g/mol. The number of carbonyl (C=O) groups is 2. The van der Waals surface area contributed by atoms with Crippen molar-refractivity contribution in [2.75, 3.05) is 12.3 Å². The number of ketones is 1. The molecule has 2 rings (SSSR count). The number of hydrogen-bond donors (Lipinski definition) is 0. The lowest BCUT2D eigenvalue weighted by Crippen LogP contribution is -2.44. The Morgan fingerprint density at radius 3 is 2.83 bits per heavy atom. The topological polar surface area (TPSA) is 74.1 Å². The Labute approximate surface area is 147 Å². The quantitative estimate of drug-likeness (QED) is 0.604. The molecule has 0 saturated carbocycles. The summed E-state index contributed by atoms with van der Waals surface area (Å²) < 4.78 is 0. The smallest absolute Gasteiger partial charge is 0.233 e. The summed E-state index contributed by atoms with van der Waals surface area (Å²) in [6.07, 6.45) is 4.29. The van der Waals surface area contributed by atoms with Crippen molar-refractivity contribution in [3.05, 3.63) is 22.9 Å². The van der Waals surface area contributed by atoms with Crippen LogP contribution in [0.4, 0.5) is 0 Å². The molecule has 1 aromatic heterocycles. The first-order chi connectivity index (χ1) is 11.5. The van der Waals surface area contributed by atoms with Gasteiger partial charge in [0, 0.05) is 23.8 Å². The normalized spacial score (nSPS) is 17.4. The molecule has 2 heterocycles. The Hall–Kier alpha value is -1.87. The molecule has 0 aliphatic carbocycles. The molecule has 0 aromatic carbocycles. The molecule has 6 heteroatoms. The lowest BCUT2D eigenvalue weighted by molar-refractivity contribution is -0.132. The van der Waals surface area contributed by atoms with Crippen molar-refractivity contribution in [2.45, 2.75) is 57.5 Å². The maximum Gasteiger partial charge on any atom is 0.233 e. The van der Waals surface area contributed by atoms with Crippen molar-refractivity contribution in [1.82, 2.24) is 9.88 Å². The van der Waals surface area contributed by atoms with E-state index in [1.165, 1.54) is 25.1 Å². The van der Waals surface area contributed by atoms with E-state index >= 15 is 0 Å². The van der Waals surface area contributed by atoms with E-state index in [1.807, 2.05) is 4.90 Å². The summed E-state index contributed by atoms with van der Waals surface area (Å²) in [7, 11) is 0. The summed E-state index contributed by atoms with van der Waals surface area (Å²) in [6.45, 7) is 6.14. The van der Waals surface area contributed by atoms with Crippen LogP contribution in [0.5, 0.6) is 0 Å². The summed E-state index contributed by atoms with van der Waals surface area (Å²) in [5, 5.41) is 9.83. The highest BCUT2D eigenvalue weighted by molar-refractivity contribution is 8.00. The minimum Gasteiger partial charge on any atom is -0.339 e. The number of aryl methyl sites for hydroxylation is 1. The standard InChI is InChI=1S/C18H23N3O2S/c1-4-15-7-5-6-8-21(15)17(23)11-24-18-14(10-19)9-16(13(3)22)12(2)20-18/h9,15H,4-8,11H2,1-3H3. The zero-order valence-electron chi connectivity index (χ0n) is 14.5. The first-order valence-electron chi connectivity index (χ1n) is 8.32. The van der Waals surface area contributed by atoms with E-state index < -0.39 is 0 Å².